The number of amides is 1. The van der Waals surface area contributed by atoms with Gasteiger partial charge in [-0.25, -0.2) is 0 Å². The largest absolute Gasteiger partial charge is 0.361 e. The summed E-state index contributed by atoms with van der Waals surface area (Å²) in [5.41, 5.74) is 9.16. The molecular formula is C19H25N3O2. The molecule has 2 aromatic rings. The quantitative estimate of drug-likeness (QED) is 0.915. The van der Waals surface area contributed by atoms with Crippen molar-refractivity contribution in [1.29, 1.82) is 0 Å². The molecule has 1 amide bonds. The normalized spacial score (nSPS) is 20.5. The Labute approximate surface area is 142 Å². The molecule has 5 heteroatoms. The van der Waals surface area contributed by atoms with Gasteiger partial charge < -0.3 is 15.2 Å². The molecule has 0 radical (unpaired) electrons. The van der Waals surface area contributed by atoms with Crippen molar-refractivity contribution >= 4 is 5.91 Å². The van der Waals surface area contributed by atoms with Gasteiger partial charge >= 0.3 is 0 Å². The Morgan fingerprint density at radius 3 is 2.67 bits per heavy atom. The predicted molar refractivity (Wildman–Crippen MR) is 92.6 cm³/mol. The molecule has 5 nitrogen and oxygen atoms in total. The molecular weight excluding hydrogens is 302 g/mol. The highest BCUT2D eigenvalue weighted by atomic mass is 16.5. The number of nitrogens with zero attached hydrogens (tertiary/aromatic N) is 2. The maximum atomic E-state index is 12.6. The zero-order valence-electron chi connectivity index (χ0n) is 14.4. The standard InChI is InChI=1S/C19H25N3O2/c1-13-17(14(2)24-21-13)8-9-19(23)22-11-16(10-20)18(12-22)15-6-4-3-5-7-15/h3-7,16,18H,8-12,20H2,1-2H3/t16-,18+/m1/s1. The number of rotatable bonds is 5. The van der Waals surface area contributed by atoms with Gasteiger partial charge in [0, 0.05) is 31.0 Å². The lowest BCUT2D eigenvalue weighted by atomic mass is 9.89. The molecule has 1 aromatic heterocycles. The number of benzene rings is 1. The van der Waals surface area contributed by atoms with Crippen LogP contribution in [0.4, 0.5) is 0 Å². The second-order valence-corrected chi connectivity index (χ2v) is 6.61. The van der Waals surface area contributed by atoms with Crippen LogP contribution in [0, 0.1) is 19.8 Å². The molecule has 1 aliphatic rings. The fourth-order valence-electron chi connectivity index (χ4n) is 3.64. The minimum Gasteiger partial charge on any atom is -0.361 e. The number of hydrogen-bond donors (Lipinski definition) is 1. The first-order valence-corrected chi connectivity index (χ1v) is 8.54. The Kier molecular flexibility index (Phi) is 5.00. The summed E-state index contributed by atoms with van der Waals surface area (Å²) < 4.78 is 5.17. The summed E-state index contributed by atoms with van der Waals surface area (Å²) in [6, 6.07) is 10.4. The molecule has 3 rings (SSSR count). The van der Waals surface area contributed by atoms with E-state index in [0.29, 0.717) is 31.2 Å². The third-order valence-electron chi connectivity index (χ3n) is 5.09. The van der Waals surface area contributed by atoms with Gasteiger partial charge in [0.2, 0.25) is 5.91 Å². The van der Waals surface area contributed by atoms with Crippen molar-refractivity contribution in [2.45, 2.75) is 32.6 Å². The maximum Gasteiger partial charge on any atom is 0.222 e. The van der Waals surface area contributed by atoms with Crippen LogP contribution in [0.1, 0.15) is 34.9 Å². The highest BCUT2D eigenvalue weighted by molar-refractivity contribution is 5.77. The molecule has 1 aliphatic heterocycles. The van der Waals surface area contributed by atoms with Crippen LogP contribution < -0.4 is 5.73 Å². The van der Waals surface area contributed by atoms with Gasteiger partial charge in [0.25, 0.3) is 0 Å². The van der Waals surface area contributed by atoms with Gasteiger partial charge in [0.05, 0.1) is 5.69 Å². The molecule has 0 spiro atoms. The van der Waals surface area contributed by atoms with Crippen LogP contribution in [0.2, 0.25) is 0 Å². The molecule has 128 valence electrons. The van der Waals surface area contributed by atoms with E-state index in [1.807, 2.05) is 36.9 Å². The number of carbonyl (C=O) groups excluding carboxylic acids is 1. The second-order valence-electron chi connectivity index (χ2n) is 6.61. The van der Waals surface area contributed by atoms with Gasteiger partial charge in [-0.05, 0) is 38.3 Å². The van der Waals surface area contributed by atoms with Crippen molar-refractivity contribution in [1.82, 2.24) is 10.1 Å². The van der Waals surface area contributed by atoms with Gasteiger partial charge in [-0.15, -0.1) is 0 Å². The Balaban J connectivity index is 1.64. The summed E-state index contributed by atoms with van der Waals surface area (Å²) in [5.74, 6) is 1.66. The van der Waals surface area contributed by atoms with E-state index in [1.165, 1.54) is 5.56 Å². The lowest BCUT2D eigenvalue weighted by Gasteiger charge is -2.17. The number of aryl methyl sites for hydroxylation is 2. The van der Waals surface area contributed by atoms with Gasteiger partial charge in [-0.3, -0.25) is 4.79 Å². The first kappa shape index (κ1) is 16.7. The summed E-state index contributed by atoms with van der Waals surface area (Å²) in [5, 5.41) is 3.95. The average Bonchev–Trinajstić information content (AvgIpc) is 3.17. The summed E-state index contributed by atoms with van der Waals surface area (Å²) in [6.07, 6.45) is 1.17. The van der Waals surface area contributed by atoms with Gasteiger partial charge in [0.15, 0.2) is 0 Å². The van der Waals surface area contributed by atoms with Crippen molar-refractivity contribution in [3.8, 4) is 0 Å². The number of likely N-dealkylation sites (tertiary alicyclic amines) is 1. The van der Waals surface area contributed by atoms with Crippen LogP contribution in [0.3, 0.4) is 0 Å². The lowest BCUT2D eigenvalue weighted by molar-refractivity contribution is -0.130. The summed E-state index contributed by atoms with van der Waals surface area (Å²) in [4.78, 5) is 14.6. The molecule has 0 aliphatic carbocycles. The molecule has 24 heavy (non-hydrogen) atoms. The Hall–Kier alpha value is -2.14. The number of aromatic nitrogens is 1. The number of hydrogen-bond acceptors (Lipinski definition) is 4. The zero-order valence-corrected chi connectivity index (χ0v) is 14.4. The van der Waals surface area contributed by atoms with Crippen LogP contribution in [0.15, 0.2) is 34.9 Å². The first-order chi connectivity index (χ1) is 11.6. The van der Waals surface area contributed by atoms with E-state index in [2.05, 4.69) is 17.3 Å². The molecule has 0 bridgehead atoms. The fourth-order valence-corrected chi connectivity index (χ4v) is 3.64. The lowest BCUT2D eigenvalue weighted by Crippen LogP contribution is -2.30. The smallest absolute Gasteiger partial charge is 0.222 e. The maximum absolute atomic E-state index is 12.6. The molecule has 2 heterocycles. The molecule has 0 unspecified atom stereocenters. The van der Waals surface area contributed by atoms with E-state index in [-0.39, 0.29) is 5.91 Å². The van der Waals surface area contributed by atoms with E-state index in [0.717, 1.165) is 30.1 Å². The van der Waals surface area contributed by atoms with Crippen molar-refractivity contribution in [2.24, 2.45) is 11.7 Å². The van der Waals surface area contributed by atoms with E-state index >= 15 is 0 Å². The SMILES string of the molecule is Cc1noc(C)c1CCC(=O)N1C[C@@H](CN)[C@H](c2ccccc2)C1. The van der Waals surface area contributed by atoms with Gasteiger partial charge in [-0.2, -0.15) is 0 Å². The van der Waals surface area contributed by atoms with Crippen molar-refractivity contribution in [2.75, 3.05) is 19.6 Å². The van der Waals surface area contributed by atoms with Crippen LogP contribution in [0.25, 0.3) is 0 Å². The van der Waals surface area contributed by atoms with E-state index in [4.69, 9.17) is 10.3 Å². The zero-order chi connectivity index (χ0) is 17.1. The second kappa shape index (κ2) is 7.18. The van der Waals surface area contributed by atoms with E-state index in [9.17, 15) is 4.79 Å². The fraction of sp³-hybridized carbons (Fsp3) is 0.474. The summed E-state index contributed by atoms with van der Waals surface area (Å²) in [7, 11) is 0. The van der Waals surface area contributed by atoms with Crippen molar-refractivity contribution in [3.63, 3.8) is 0 Å². The van der Waals surface area contributed by atoms with E-state index in [1.54, 1.807) is 0 Å². The molecule has 0 saturated carbocycles. The van der Waals surface area contributed by atoms with Crippen LogP contribution >= 0.6 is 0 Å². The first-order valence-electron chi connectivity index (χ1n) is 8.54. The third kappa shape index (κ3) is 3.36. The molecule has 2 atom stereocenters. The summed E-state index contributed by atoms with van der Waals surface area (Å²) in [6.45, 7) is 5.92. The van der Waals surface area contributed by atoms with Crippen molar-refractivity contribution in [3.05, 3.63) is 52.9 Å². The van der Waals surface area contributed by atoms with Crippen LogP contribution in [0.5, 0.6) is 0 Å². The Morgan fingerprint density at radius 1 is 1.29 bits per heavy atom. The molecule has 2 N–H and O–H groups in total. The van der Waals surface area contributed by atoms with Crippen LogP contribution in [-0.4, -0.2) is 35.6 Å². The highest BCUT2D eigenvalue weighted by Gasteiger charge is 2.35. The molecule has 1 saturated heterocycles. The monoisotopic (exact) mass is 327 g/mol. The van der Waals surface area contributed by atoms with Gasteiger partial charge in [-0.1, -0.05) is 35.5 Å². The highest BCUT2D eigenvalue weighted by Crippen LogP contribution is 2.32. The summed E-state index contributed by atoms with van der Waals surface area (Å²) >= 11 is 0. The minimum absolute atomic E-state index is 0.187. The number of carbonyl (C=O) groups is 1. The predicted octanol–water partition coefficient (Wildman–Crippen LogP) is 2.42. The van der Waals surface area contributed by atoms with Crippen molar-refractivity contribution < 1.29 is 9.32 Å². The average molecular weight is 327 g/mol. The number of nitrogens with two attached hydrogens (primary N) is 1. The minimum atomic E-state index is 0.187. The Morgan fingerprint density at radius 2 is 2.04 bits per heavy atom. The Bertz CT molecular complexity index is 676. The molecule has 1 aromatic carbocycles. The molecule has 1 fully saturated rings. The third-order valence-corrected chi connectivity index (χ3v) is 5.09. The topological polar surface area (TPSA) is 72.4 Å². The van der Waals surface area contributed by atoms with Gasteiger partial charge in [0.1, 0.15) is 5.76 Å². The van der Waals surface area contributed by atoms with E-state index < -0.39 is 0 Å². The van der Waals surface area contributed by atoms with Crippen LogP contribution in [-0.2, 0) is 11.2 Å².